The van der Waals surface area contributed by atoms with Crippen LogP contribution in [0.1, 0.15) is 58.3 Å². The average molecular weight is 292 g/mol. The Morgan fingerprint density at radius 1 is 1.10 bits per heavy atom. The molecule has 0 aromatic rings. The highest BCUT2D eigenvalue weighted by Crippen LogP contribution is 2.30. The van der Waals surface area contributed by atoms with Gasteiger partial charge in [0.2, 0.25) is 0 Å². The van der Waals surface area contributed by atoms with Crippen molar-refractivity contribution in [2.75, 3.05) is 6.61 Å². The standard InChI is InChI=1S/C19H32O2/c1-5-11-18(4)12-10-15-19(13-6-2,14-7-3)21-17-9-8-16-20/h5-7,16,18H,1-3,8-15,17H2,4H3. The van der Waals surface area contributed by atoms with E-state index in [1.165, 1.54) is 6.42 Å². The summed E-state index contributed by atoms with van der Waals surface area (Å²) in [6, 6.07) is 0. The number of carbonyl (C=O) groups excluding carboxylic acids is 1. The summed E-state index contributed by atoms with van der Waals surface area (Å²) < 4.78 is 6.13. The lowest BCUT2D eigenvalue weighted by molar-refractivity contribution is -0.108. The highest BCUT2D eigenvalue weighted by atomic mass is 16.5. The normalized spacial score (nSPS) is 12.6. The van der Waals surface area contributed by atoms with Crippen molar-refractivity contribution in [1.29, 1.82) is 0 Å². The Bertz CT molecular complexity index is 297. The van der Waals surface area contributed by atoms with Crippen LogP contribution in [-0.2, 0) is 9.53 Å². The van der Waals surface area contributed by atoms with Crippen molar-refractivity contribution in [1.82, 2.24) is 0 Å². The van der Waals surface area contributed by atoms with Gasteiger partial charge in [0, 0.05) is 13.0 Å². The molecular formula is C19H32O2. The second kappa shape index (κ2) is 12.6. The Morgan fingerprint density at radius 3 is 2.29 bits per heavy atom. The molecule has 0 radical (unpaired) electrons. The second-order valence-corrected chi connectivity index (χ2v) is 5.85. The van der Waals surface area contributed by atoms with Crippen molar-refractivity contribution >= 4 is 6.29 Å². The van der Waals surface area contributed by atoms with Crippen molar-refractivity contribution in [2.45, 2.75) is 63.9 Å². The molecule has 0 aliphatic heterocycles. The van der Waals surface area contributed by atoms with Gasteiger partial charge >= 0.3 is 0 Å². The molecular weight excluding hydrogens is 260 g/mol. The van der Waals surface area contributed by atoms with Gasteiger partial charge in [-0.15, -0.1) is 19.7 Å². The first-order valence-corrected chi connectivity index (χ1v) is 8.04. The molecule has 0 heterocycles. The zero-order chi connectivity index (χ0) is 16.0. The zero-order valence-electron chi connectivity index (χ0n) is 13.7. The molecule has 2 nitrogen and oxygen atoms in total. The summed E-state index contributed by atoms with van der Waals surface area (Å²) in [7, 11) is 0. The highest BCUT2D eigenvalue weighted by Gasteiger charge is 2.27. The predicted octanol–water partition coefficient (Wildman–Crippen LogP) is 5.26. The summed E-state index contributed by atoms with van der Waals surface area (Å²) in [6.07, 6.45) is 14.2. The molecule has 0 aromatic heterocycles. The minimum absolute atomic E-state index is 0.194. The van der Waals surface area contributed by atoms with Crippen LogP contribution in [0, 0.1) is 5.92 Å². The largest absolute Gasteiger partial charge is 0.374 e. The van der Waals surface area contributed by atoms with Crippen molar-refractivity contribution in [3.63, 3.8) is 0 Å². The maximum Gasteiger partial charge on any atom is 0.120 e. The van der Waals surface area contributed by atoms with Crippen LogP contribution < -0.4 is 0 Å². The summed E-state index contributed by atoms with van der Waals surface area (Å²) in [5.74, 6) is 0.669. The van der Waals surface area contributed by atoms with Crippen LogP contribution in [0.3, 0.4) is 0 Å². The Hall–Kier alpha value is -1.15. The molecule has 0 fully saturated rings. The summed E-state index contributed by atoms with van der Waals surface area (Å²) in [6.45, 7) is 14.4. The summed E-state index contributed by atoms with van der Waals surface area (Å²) in [5.41, 5.74) is -0.194. The highest BCUT2D eigenvalue weighted by molar-refractivity contribution is 5.48. The third kappa shape index (κ3) is 9.41. The fourth-order valence-electron chi connectivity index (χ4n) is 2.63. The molecule has 0 rings (SSSR count). The monoisotopic (exact) mass is 292 g/mol. The van der Waals surface area contributed by atoms with Gasteiger partial charge in [0.15, 0.2) is 0 Å². The average Bonchev–Trinajstić information content (AvgIpc) is 2.44. The molecule has 0 amide bonds. The van der Waals surface area contributed by atoms with E-state index in [4.69, 9.17) is 4.74 Å². The van der Waals surface area contributed by atoms with Crippen LogP contribution in [0.2, 0.25) is 0 Å². The number of aldehydes is 1. The van der Waals surface area contributed by atoms with E-state index in [1.807, 2.05) is 18.2 Å². The van der Waals surface area contributed by atoms with E-state index in [1.54, 1.807) is 0 Å². The Morgan fingerprint density at radius 2 is 1.76 bits per heavy atom. The van der Waals surface area contributed by atoms with E-state index in [0.29, 0.717) is 18.9 Å². The lowest BCUT2D eigenvalue weighted by Crippen LogP contribution is -2.32. The Labute approximate surface area is 131 Å². The number of unbranched alkanes of at least 4 members (excludes halogenated alkanes) is 1. The van der Waals surface area contributed by atoms with E-state index >= 15 is 0 Å². The fraction of sp³-hybridized carbons (Fsp3) is 0.632. The Balaban J connectivity index is 4.45. The predicted molar refractivity (Wildman–Crippen MR) is 91.4 cm³/mol. The van der Waals surface area contributed by atoms with Crippen LogP contribution in [-0.4, -0.2) is 18.5 Å². The molecule has 0 spiro atoms. The maximum absolute atomic E-state index is 10.4. The number of rotatable bonds is 15. The summed E-state index contributed by atoms with van der Waals surface area (Å²) in [4.78, 5) is 10.4. The first-order valence-electron chi connectivity index (χ1n) is 8.04. The van der Waals surface area contributed by atoms with Gasteiger partial charge in [0.1, 0.15) is 6.29 Å². The van der Waals surface area contributed by atoms with E-state index < -0.39 is 0 Å². The number of hydrogen-bond donors (Lipinski definition) is 0. The summed E-state index contributed by atoms with van der Waals surface area (Å²) in [5, 5.41) is 0. The van der Waals surface area contributed by atoms with Crippen molar-refractivity contribution in [3.05, 3.63) is 38.0 Å². The van der Waals surface area contributed by atoms with Gasteiger partial charge in [0.05, 0.1) is 5.60 Å². The molecule has 1 atom stereocenters. The van der Waals surface area contributed by atoms with Crippen molar-refractivity contribution in [3.8, 4) is 0 Å². The minimum atomic E-state index is -0.194. The first kappa shape index (κ1) is 19.9. The Kier molecular flexibility index (Phi) is 11.9. The lowest BCUT2D eigenvalue weighted by Gasteiger charge is -2.33. The van der Waals surface area contributed by atoms with E-state index in [2.05, 4.69) is 26.7 Å². The van der Waals surface area contributed by atoms with Gasteiger partial charge < -0.3 is 9.53 Å². The molecule has 0 bridgehead atoms. The molecule has 0 aliphatic carbocycles. The molecule has 0 N–H and O–H groups in total. The third-order valence-corrected chi connectivity index (χ3v) is 3.81. The van der Waals surface area contributed by atoms with Gasteiger partial charge in [0.25, 0.3) is 0 Å². The number of hydrogen-bond acceptors (Lipinski definition) is 2. The van der Waals surface area contributed by atoms with Crippen LogP contribution in [0.25, 0.3) is 0 Å². The number of allylic oxidation sites excluding steroid dienone is 1. The third-order valence-electron chi connectivity index (χ3n) is 3.81. The molecule has 0 saturated heterocycles. The molecule has 0 aliphatic rings. The topological polar surface area (TPSA) is 26.3 Å². The van der Waals surface area contributed by atoms with E-state index in [9.17, 15) is 4.79 Å². The zero-order valence-corrected chi connectivity index (χ0v) is 13.7. The fourth-order valence-corrected chi connectivity index (χ4v) is 2.63. The van der Waals surface area contributed by atoms with E-state index in [0.717, 1.165) is 44.8 Å². The SMILES string of the molecule is C=CCC(C)CCCC(CC=C)(CC=C)OCCCC=O. The molecule has 0 aromatic carbocycles. The molecule has 2 heteroatoms. The van der Waals surface area contributed by atoms with Gasteiger partial charge in [-0.05, 0) is 38.0 Å². The van der Waals surface area contributed by atoms with E-state index in [-0.39, 0.29) is 5.60 Å². The number of ether oxygens (including phenoxy) is 1. The van der Waals surface area contributed by atoms with Crippen molar-refractivity contribution < 1.29 is 9.53 Å². The van der Waals surface area contributed by atoms with Gasteiger partial charge in [-0.3, -0.25) is 0 Å². The van der Waals surface area contributed by atoms with Crippen LogP contribution in [0.15, 0.2) is 38.0 Å². The quantitative estimate of drug-likeness (QED) is 0.234. The van der Waals surface area contributed by atoms with Crippen LogP contribution >= 0.6 is 0 Å². The molecule has 1 unspecified atom stereocenters. The van der Waals surface area contributed by atoms with Crippen LogP contribution in [0.5, 0.6) is 0 Å². The van der Waals surface area contributed by atoms with Gasteiger partial charge in [-0.25, -0.2) is 0 Å². The van der Waals surface area contributed by atoms with Gasteiger partial charge in [-0.1, -0.05) is 38.0 Å². The van der Waals surface area contributed by atoms with Crippen molar-refractivity contribution in [2.24, 2.45) is 5.92 Å². The molecule has 0 saturated carbocycles. The summed E-state index contributed by atoms with van der Waals surface area (Å²) >= 11 is 0. The maximum atomic E-state index is 10.4. The van der Waals surface area contributed by atoms with Gasteiger partial charge in [-0.2, -0.15) is 0 Å². The molecule has 120 valence electrons. The molecule has 21 heavy (non-hydrogen) atoms. The lowest BCUT2D eigenvalue weighted by atomic mass is 9.87. The second-order valence-electron chi connectivity index (χ2n) is 5.85. The first-order chi connectivity index (χ1) is 10.1. The van der Waals surface area contributed by atoms with Crippen LogP contribution in [0.4, 0.5) is 0 Å². The minimum Gasteiger partial charge on any atom is -0.374 e. The number of carbonyl (C=O) groups is 1. The smallest absolute Gasteiger partial charge is 0.120 e.